The normalized spacial score (nSPS) is 20.7. The Balaban J connectivity index is 1.35. The molecule has 2 unspecified atom stereocenters. The Morgan fingerprint density at radius 3 is 3.00 bits per heavy atom. The summed E-state index contributed by atoms with van der Waals surface area (Å²) in [5, 5.41) is 0. The SMILES string of the molecule is COc1ccc2nc(COC3CN(Cc4ccccn4)CC3F)[nH]c2c1. The van der Waals surface area contributed by atoms with E-state index in [1.54, 1.807) is 13.3 Å². The van der Waals surface area contributed by atoms with Crippen LogP contribution in [0.1, 0.15) is 11.5 Å². The van der Waals surface area contributed by atoms with Crippen LogP contribution < -0.4 is 4.74 Å². The van der Waals surface area contributed by atoms with Crippen molar-refractivity contribution < 1.29 is 13.9 Å². The van der Waals surface area contributed by atoms with Gasteiger partial charge in [0.25, 0.3) is 0 Å². The highest BCUT2D eigenvalue weighted by molar-refractivity contribution is 5.76. The lowest BCUT2D eigenvalue weighted by molar-refractivity contribution is 0.00861. The lowest BCUT2D eigenvalue weighted by Gasteiger charge is -2.15. The first-order valence-electron chi connectivity index (χ1n) is 8.62. The van der Waals surface area contributed by atoms with Crippen LogP contribution in [0.25, 0.3) is 11.0 Å². The van der Waals surface area contributed by atoms with Gasteiger partial charge in [-0.15, -0.1) is 0 Å². The average Bonchev–Trinajstić information content (AvgIpc) is 3.22. The van der Waals surface area contributed by atoms with Gasteiger partial charge < -0.3 is 14.5 Å². The summed E-state index contributed by atoms with van der Waals surface area (Å²) in [6.45, 7) is 1.79. The van der Waals surface area contributed by atoms with E-state index in [2.05, 4.69) is 15.0 Å². The van der Waals surface area contributed by atoms with Crippen LogP contribution in [0.5, 0.6) is 5.75 Å². The minimum Gasteiger partial charge on any atom is -0.497 e. The van der Waals surface area contributed by atoms with Gasteiger partial charge in [0.05, 0.1) is 23.8 Å². The molecule has 0 amide bonds. The van der Waals surface area contributed by atoms with Gasteiger partial charge in [-0.2, -0.15) is 0 Å². The fraction of sp³-hybridized carbons (Fsp3) is 0.368. The third-order valence-electron chi connectivity index (χ3n) is 4.56. The van der Waals surface area contributed by atoms with Gasteiger partial charge in [0.2, 0.25) is 0 Å². The summed E-state index contributed by atoms with van der Waals surface area (Å²) in [6.07, 6.45) is 0.285. The van der Waals surface area contributed by atoms with Crippen molar-refractivity contribution in [3.63, 3.8) is 0 Å². The molecule has 136 valence electrons. The molecule has 1 saturated heterocycles. The molecule has 0 spiro atoms. The number of aromatic nitrogens is 3. The van der Waals surface area contributed by atoms with E-state index in [1.165, 1.54) is 0 Å². The molecule has 2 aromatic heterocycles. The molecule has 2 atom stereocenters. The van der Waals surface area contributed by atoms with Crippen molar-refractivity contribution in [1.82, 2.24) is 19.9 Å². The summed E-state index contributed by atoms with van der Waals surface area (Å²) >= 11 is 0. The summed E-state index contributed by atoms with van der Waals surface area (Å²) < 4.78 is 25.3. The maximum absolute atomic E-state index is 14.3. The molecular formula is C19H21FN4O2. The molecule has 1 fully saturated rings. The van der Waals surface area contributed by atoms with Crippen LogP contribution in [0.4, 0.5) is 4.39 Å². The molecular weight excluding hydrogens is 335 g/mol. The molecule has 7 heteroatoms. The molecule has 1 aromatic carbocycles. The lowest BCUT2D eigenvalue weighted by Crippen LogP contribution is -2.24. The molecule has 0 radical (unpaired) electrons. The first-order chi connectivity index (χ1) is 12.7. The fourth-order valence-corrected chi connectivity index (χ4v) is 3.24. The van der Waals surface area contributed by atoms with Crippen molar-refractivity contribution in [2.75, 3.05) is 20.2 Å². The van der Waals surface area contributed by atoms with E-state index in [0.29, 0.717) is 25.5 Å². The van der Waals surface area contributed by atoms with E-state index in [4.69, 9.17) is 9.47 Å². The zero-order chi connectivity index (χ0) is 17.9. The van der Waals surface area contributed by atoms with Crippen LogP contribution in [0, 0.1) is 0 Å². The number of likely N-dealkylation sites (tertiary alicyclic amines) is 1. The predicted octanol–water partition coefficient (Wildman–Crippen LogP) is 2.71. The largest absolute Gasteiger partial charge is 0.497 e. The quantitative estimate of drug-likeness (QED) is 0.736. The number of hydrogen-bond donors (Lipinski definition) is 1. The second-order valence-electron chi connectivity index (χ2n) is 6.45. The second-order valence-corrected chi connectivity index (χ2v) is 6.45. The highest BCUT2D eigenvalue weighted by Gasteiger charge is 2.33. The molecule has 4 rings (SSSR count). The molecule has 1 aliphatic rings. The standard InChI is InChI=1S/C19H21FN4O2/c1-25-14-5-6-16-17(8-14)23-19(22-16)12-26-18-11-24(10-15(18)20)9-13-4-2-3-7-21-13/h2-8,15,18H,9-12H2,1H3,(H,22,23). The molecule has 3 aromatic rings. The Kier molecular flexibility index (Phi) is 4.81. The number of halogens is 1. The van der Waals surface area contributed by atoms with Crippen LogP contribution in [-0.2, 0) is 17.9 Å². The fourth-order valence-electron chi connectivity index (χ4n) is 3.24. The number of hydrogen-bond acceptors (Lipinski definition) is 5. The van der Waals surface area contributed by atoms with Gasteiger partial charge in [0, 0.05) is 31.9 Å². The Labute approximate surface area is 151 Å². The topological polar surface area (TPSA) is 63.3 Å². The lowest BCUT2D eigenvalue weighted by atomic mass is 10.3. The first kappa shape index (κ1) is 16.9. The number of fused-ring (bicyclic) bond motifs is 1. The number of H-pyrrole nitrogens is 1. The molecule has 0 bridgehead atoms. The van der Waals surface area contributed by atoms with Crippen molar-refractivity contribution in [3.8, 4) is 5.75 Å². The van der Waals surface area contributed by atoms with Gasteiger partial charge in [-0.3, -0.25) is 9.88 Å². The van der Waals surface area contributed by atoms with Gasteiger partial charge >= 0.3 is 0 Å². The van der Waals surface area contributed by atoms with Gasteiger partial charge in [-0.05, 0) is 24.3 Å². The minimum absolute atomic E-state index is 0.250. The molecule has 0 saturated carbocycles. The van der Waals surface area contributed by atoms with E-state index in [-0.39, 0.29) is 6.61 Å². The van der Waals surface area contributed by atoms with Crippen molar-refractivity contribution >= 4 is 11.0 Å². The van der Waals surface area contributed by atoms with Gasteiger partial charge in [0.15, 0.2) is 0 Å². The smallest absolute Gasteiger partial charge is 0.140 e. The first-order valence-corrected chi connectivity index (χ1v) is 8.62. The molecule has 6 nitrogen and oxygen atoms in total. The summed E-state index contributed by atoms with van der Waals surface area (Å²) in [6, 6.07) is 11.4. The molecule has 0 aliphatic carbocycles. The molecule has 1 N–H and O–H groups in total. The van der Waals surface area contributed by atoms with E-state index in [1.807, 2.05) is 41.3 Å². The number of nitrogens with zero attached hydrogens (tertiary/aromatic N) is 3. The number of methoxy groups -OCH3 is 1. The number of benzene rings is 1. The second kappa shape index (κ2) is 7.39. The number of pyridine rings is 1. The maximum Gasteiger partial charge on any atom is 0.140 e. The van der Waals surface area contributed by atoms with Gasteiger partial charge in [-0.1, -0.05) is 6.07 Å². The monoisotopic (exact) mass is 356 g/mol. The number of aromatic amines is 1. The van der Waals surface area contributed by atoms with E-state index in [9.17, 15) is 4.39 Å². The van der Waals surface area contributed by atoms with Gasteiger partial charge in [0.1, 0.15) is 30.5 Å². The highest BCUT2D eigenvalue weighted by Crippen LogP contribution is 2.22. The van der Waals surface area contributed by atoms with Crippen LogP contribution in [0.2, 0.25) is 0 Å². The number of imidazole rings is 1. The Morgan fingerprint density at radius 2 is 2.19 bits per heavy atom. The summed E-state index contributed by atoms with van der Waals surface area (Å²) in [5.41, 5.74) is 2.65. The van der Waals surface area contributed by atoms with E-state index < -0.39 is 12.3 Å². The zero-order valence-electron chi connectivity index (χ0n) is 14.6. The van der Waals surface area contributed by atoms with Crippen molar-refractivity contribution in [3.05, 3.63) is 54.1 Å². The zero-order valence-corrected chi connectivity index (χ0v) is 14.6. The number of ether oxygens (including phenoxy) is 2. The van der Waals surface area contributed by atoms with E-state index in [0.717, 1.165) is 22.5 Å². The molecule has 1 aliphatic heterocycles. The van der Waals surface area contributed by atoms with E-state index >= 15 is 0 Å². The van der Waals surface area contributed by atoms with Gasteiger partial charge in [-0.25, -0.2) is 9.37 Å². The third-order valence-corrected chi connectivity index (χ3v) is 4.56. The summed E-state index contributed by atoms with van der Waals surface area (Å²) in [5.74, 6) is 1.45. The minimum atomic E-state index is -1.01. The van der Waals surface area contributed by atoms with Crippen LogP contribution >= 0.6 is 0 Å². The van der Waals surface area contributed by atoms with Crippen LogP contribution in [-0.4, -0.2) is 52.3 Å². The Hall–Kier alpha value is -2.51. The van der Waals surface area contributed by atoms with Crippen molar-refractivity contribution in [1.29, 1.82) is 0 Å². The molecule has 3 heterocycles. The number of nitrogens with one attached hydrogen (secondary N) is 1. The summed E-state index contributed by atoms with van der Waals surface area (Å²) in [4.78, 5) is 14.0. The highest BCUT2D eigenvalue weighted by atomic mass is 19.1. The van der Waals surface area contributed by atoms with Crippen molar-refractivity contribution in [2.45, 2.75) is 25.4 Å². The predicted molar refractivity (Wildman–Crippen MR) is 95.6 cm³/mol. The molecule has 26 heavy (non-hydrogen) atoms. The maximum atomic E-state index is 14.3. The Bertz CT molecular complexity index is 870. The number of alkyl halides is 1. The Morgan fingerprint density at radius 1 is 1.27 bits per heavy atom. The number of rotatable bonds is 6. The summed E-state index contributed by atoms with van der Waals surface area (Å²) in [7, 11) is 1.62. The third kappa shape index (κ3) is 3.68. The average molecular weight is 356 g/mol. The van der Waals surface area contributed by atoms with Crippen molar-refractivity contribution in [2.24, 2.45) is 0 Å². The van der Waals surface area contributed by atoms with Crippen LogP contribution in [0.3, 0.4) is 0 Å². The van der Waals surface area contributed by atoms with Crippen LogP contribution in [0.15, 0.2) is 42.6 Å².